The zero-order chi connectivity index (χ0) is 13.0. The maximum absolute atomic E-state index is 12.3. The average Bonchev–Trinajstić information content (AvgIpc) is 2.41. The van der Waals surface area contributed by atoms with E-state index >= 15 is 0 Å². The Morgan fingerprint density at radius 2 is 2.11 bits per heavy atom. The van der Waals surface area contributed by atoms with E-state index in [-0.39, 0.29) is 5.78 Å². The van der Waals surface area contributed by atoms with Crippen molar-refractivity contribution < 1.29 is 4.79 Å². The summed E-state index contributed by atoms with van der Waals surface area (Å²) in [5.41, 5.74) is 1.03. The molecule has 1 atom stereocenters. The number of ketones is 1. The maximum atomic E-state index is 12.3. The van der Waals surface area contributed by atoms with Gasteiger partial charge in [-0.2, -0.15) is 5.26 Å². The quantitative estimate of drug-likeness (QED) is 0.632. The number of halogens is 1. The number of rotatable bonds is 3. The van der Waals surface area contributed by atoms with Crippen LogP contribution in [-0.4, -0.2) is 10.8 Å². The van der Waals surface area contributed by atoms with Crippen LogP contribution in [0.15, 0.2) is 48.7 Å². The first-order valence-electron chi connectivity index (χ1n) is 5.32. The number of carbonyl (C=O) groups is 1. The van der Waals surface area contributed by atoms with Gasteiger partial charge in [0.05, 0.1) is 11.8 Å². The number of hydrogen-bond donors (Lipinski definition) is 0. The smallest absolute Gasteiger partial charge is 0.186 e. The van der Waals surface area contributed by atoms with Crippen LogP contribution in [0, 0.1) is 14.9 Å². The number of carbonyl (C=O) groups excluding carboxylic acids is 1. The van der Waals surface area contributed by atoms with Crippen LogP contribution in [0.2, 0.25) is 0 Å². The van der Waals surface area contributed by atoms with Crippen LogP contribution in [-0.2, 0) is 0 Å². The first-order chi connectivity index (χ1) is 8.72. The van der Waals surface area contributed by atoms with E-state index in [2.05, 4.69) is 27.6 Å². The first-order valence-corrected chi connectivity index (χ1v) is 6.40. The maximum Gasteiger partial charge on any atom is 0.186 e. The first kappa shape index (κ1) is 12.7. The normalized spacial score (nSPS) is 11.6. The highest BCUT2D eigenvalue weighted by molar-refractivity contribution is 14.1. The van der Waals surface area contributed by atoms with Crippen molar-refractivity contribution in [3.8, 4) is 6.07 Å². The average molecular weight is 348 g/mol. The van der Waals surface area contributed by atoms with Crippen molar-refractivity contribution in [2.24, 2.45) is 0 Å². The van der Waals surface area contributed by atoms with Gasteiger partial charge in [-0.15, -0.1) is 0 Å². The highest BCUT2D eigenvalue weighted by Crippen LogP contribution is 2.19. The predicted molar refractivity (Wildman–Crippen MR) is 76.1 cm³/mol. The van der Waals surface area contributed by atoms with Crippen LogP contribution >= 0.6 is 22.6 Å². The van der Waals surface area contributed by atoms with E-state index in [0.29, 0.717) is 11.3 Å². The van der Waals surface area contributed by atoms with E-state index in [1.807, 2.05) is 18.2 Å². The van der Waals surface area contributed by atoms with Gasteiger partial charge in [0.1, 0.15) is 0 Å². The number of nitriles is 1. The van der Waals surface area contributed by atoms with Crippen molar-refractivity contribution in [1.82, 2.24) is 4.98 Å². The second-order valence-electron chi connectivity index (χ2n) is 3.69. The van der Waals surface area contributed by atoms with Gasteiger partial charge in [0.15, 0.2) is 11.7 Å². The molecular formula is C14H9IN2O. The molecule has 0 aliphatic heterocycles. The summed E-state index contributed by atoms with van der Waals surface area (Å²) in [7, 11) is 0. The molecule has 0 saturated heterocycles. The predicted octanol–water partition coefficient (Wildman–Crippen LogP) is 3.18. The minimum Gasteiger partial charge on any atom is -0.292 e. The van der Waals surface area contributed by atoms with Crippen molar-refractivity contribution in [3.05, 3.63) is 63.5 Å². The van der Waals surface area contributed by atoms with Crippen molar-refractivity contribution in [2.75, 3.05) is 0 Å². The van der Waals surface area contributed by atoms with Crippen molar-refractivity contribution in [2.45, 2.75) is 5.92 Å². The Kier molecular flexibility index (Phi) is 4.05. The molecule has 0 fully saturated rings. The highest BCUT2D eigenvalue weighted by Gasteiger charge is 2.22. The van der Waals surface area contributed by atoms with E-state index in [4.69, 9.17) is 5.26 Å². The molecule has 18 heavy (non-hydrogen) atoms. The number of pyridine rings is 1. The Bertz CT molecular complexity index is 605. The van der Waals surface area contributed by atoms with E-state index in [1.165, 1.54) is 0 Å². The lowest BCUT2D eigenvalue weighted by Crippen LogP contribution is -2.12. The minimum atomic E-state index is -0.843. The molecule has 2 aromatic rings. The van der Waals surface area contributed by atoms with E-state index in [9.17, 15) is 4.79 Å². The molecular weight excluding hydrogens is 339 g/mol. The molecule has 1 aromatic carbocycles. The molecule has 0 amide bonds. The third-order valence-electron chi connectivity index (χ3n) is 2.48. The van der Waals surface area contributed by atoms with Gasteiger partial charge < -0.3 is 0 Å². The molecule has 1 unspecified atom stereocenters. The number of nitrogens with zero attached hydrogens (tertiary/aromatic N) is 2. The summed E-state index contributed by atoms with van der Waals surface area (Å²) in [6.07, 6.45) is 1.59. The topological polar surface area (TPSA) is 53.8 Å². The van der Waals surface area contributed by atoms with Crippen LogP contribution in [0.25, 0.3) is 0 Å². The molecule has 0 bridgehead atoms. The molecule has 0 N–H and O–H groups in total. The second-order valence-corrected chi connectivity index (χ2v) is 4.94. The third-order valence-corrected chi connectivity index (χ3v) is 3.15. The summed E-state index contributed by atoms with van der Waals surface area (Å²) in [5.74, 6) is -1.06. The van der Waals surface area contributed by atoms with Crippen LogP contribution in [0.3, 0.4) is 0 Å². The molecule has 0 aliphatic carbocycles. The van der Waals surface area contributed by atoms with Crippen molar-refractivity contribution in [1.29, 1.82) is 5.26 Å². The summed E-state index contributed by atoms with van der Waals surface area (Å²) in [4.78, 5) is 16.3. The van der Waals surface area contributed by atoms with Gasteiger partial charge in [-0.25, -0.2) is 0 Å². The zero-order valence-corrected chi connectivity index (χ0v) is 11.5. The van der Waals surface area contributed by atoms with Crippen LogP contribution in [0.5, 0.6) is 0 Å². The largest absolute Gasteiger partial charge is 0.292 e. The van der Waals surface area contributed by atoms with Gasteiger partial charge in [0.25, 0.3) is 0 Å². The third kappa shape index (κ3) is 2.74. The van der Waals surface area contributed by atoms with Gasteiger partial charge >= 0.3 is 0 Å². The molecule has 0 aliphatic rings. The van der Waals surface area contributed by atoms with Crippen LogP contribution in [0.1, 0.15) is 22.0 Å². The summed E-state index contributed by atoms with van der Waals surface area (Å²) >= 11 is 2.14. The Balaban J connectivity index is 2.36. The number of benzene rings is 1. The molecule has 88 valence electrons. The molecule has 0 spiro atoms. The molecule has 0 saturated carbocycles. The minimum absolute atomic E-state index is 0.213. The zero-order valence-electron chi connectivity index (χ0n) is 9.38. The number of hydrogen-bond acceptors (Lipinski definition) is 3. The molecule has 0 radical (unpaired) electrons. The molecule has 1 heterocycles. The van der Waals surface area contributed by atoms with Gasteiger partial charge in [0.2, 0.25) is 0 Å². The number of Topliss-reactive ketones (excluding diaryl/α,β-unsaturated/α-hetero) is 1. The monoisotopic (exact) mass is 348 g/mol. The molecule has 3 nitrogen and oxygen atoms in total. The Morgan fingerprint density at radius 1 is 1.28 bits per heavy atom. The molecule has 4 heteroatoms. The van der Waals surface area contributed by atoms with Crippen molar-refractivity contribution in [3.63, 3.8) is 0 Å². The van der Waals surface area contributed by atoms with Crippen LogP contribution in [0.4, 0.5) is 0 Å². The van der Waals surface area contributed by atoms with Gasteiger partial charge in [-0.05, 0) is 46.9 Å². The van der Waals surface area contributed by atoms with Crippen molar-refractivity contribution >= 4 is 28.4 Å². The van der Waals surface area contributed by atoms with Gasteiger partial charge in [-0.1, -0.05) is 18.2 Å². The van der Waals surface area contributed by atoms with E-state index in [1.54, 1.807) is 36.5 Å². The summed E-state index contributed by atoms with van der Waals surface area (Å²) in [6, 6.07) is 14.4. The summed E-state index contributed by atoms with van der Waals surface area (Å²) in [6.45, 7) is 0. The SMILES string of the molecule is N#CC(C(=O)c1cccc(I)c1)c1ccccn1. The van der Waals surface area contributed by atoms with Gasteiger partial charge in [-0.3, -0.25) is 9.78 Å². The number of aromatic nitrogens is 1. The fourth-order valence-corrected chi connectivity index (χ4v) is 2.16. The Morgan fingerprint density at radius 3 is 2.72 bits per heavy atom. The molecule has 2 rings (SSSR count). The van der Waals surface area contributed by atoms with Crippen LogP contribution < -0.4 is 0 Å². The lowest BCUT2D eigenvalue weighted by Gasteiger charge is -2.07. The van der Waals surface area contributed by atoms with E-state index in [0.717, 1.165) is 3.57 Å². The van der Waals surface area contributed by atoms with Gasteiger partial charge in [0, 0.05) is 15.3 Å². The molecule has 1 aromatic heterocycles. The second kappa shape index (κ2) is 5.74. The lowest BCUT2D eigenvalue weighted by molar-refractivity contribution is 0.0977. The lowest BCUT2D eigenvalue weighted by atomic mass is 9.95. The summed E-state index contributed by atoms with van der Waals surface area (Å²) < 4.78 is 0.969. The Hall–Kier alpha value is -1.74. The van der Waals surface area contributed by atoms with E-state index < -0.39 is 5.92 Å². The fourth-order valence-electron chi connectivity index (χ4n) is 1.61. The fraction of sp³-hybridized carbons (Fsp3) is 0.0714. The summed E-state index contributed by atoms with van der Waals surface area (Å²) in [5, 5.41) is 9.17. The standard InChI is InChI=1S/C14H9IN2O/c15-11-5-3-4-10(8-11)14(18)12(9-16)13-6-1-2-7-17-13/h1-8,12H. The Labute approximate surface area is 119 Å². The highest BCUT2D eigenvalue weighted by atomic mass is 127.